The molecule has 0 aromatic heterocycles. The SMILES string of the molecule is CC(C)(C)OC(=O)N1CCC(CCC2CCN(c3ccc(Cl)cc3Cl)[C@H](c3ccc(Cl)cc3)C2)CC1. The predicted octanol–water partition coefficient (Wildman–Crippen LogP) is 9.03. The van der Waals surface area contributed by atoms with Crippen LogP contribution in [0.1, 0.15) is 70.9 Å². The molecule has 1 unspecified atom stereocenters. The van der Waals surface area contributed by atoms with Gasteiger partial charge in [-0.15, -0.1) is 0 Å². The Morgan fingerprint density at radius 2 is 1.50 bits per heavy atom. The molecule has 2 saturated heterocycles. The van der Waals surface area contributed by atoms with Crippen LogP contribution in [0.15, 0.2) is 42.5 Å². The van der Waals surface area contributed by atoms with Gasteiger partial charge in [0, 0.05) is 29.7 Å². The van der Waals surface area contributed by atoms with E-state index in [0.29, 0.717) is 21.9 Å². The van der Waals surface area contributed by atoms with Crippen LogP contribution >= 0.6 is 34.8 Å². The second-order valence-corrected chi connectivity index (χ2v) is 12.5. The number of benzene rings is 2. The van der Waals surface area contributed by atoms with Crippen molar-refractivity contribution in [2.75, 3.05) is 24.5 Å². The molecule has 2 aliphatic rings. The quantitative estimate of drug-likeness (QED) is 0.371. The summed E-state index contributed by atoms with van der Waals surface area (Å²) in [7, 11) is 0. The number of ether oxygens (including phenoxy) is 1. The Morgan fingerprint density at radius 3 is 2.14 bits per heavy atom. The Balaban J connectivity index is 1.36. The highest BCUT2D eigenvalue weighted by Crippen LogP contribution is 2.43. The summed E-state index contributed by atoms with van der Waals surface area (Å²) in [4.78, 5) is 16.7. The zero-order chi connectivity index (χ0) is 25.9. The smallest absolute Gasteiger partial charge is 0.410 e. The molecule has 2 atom stereocenters. The minimum Gasteiger partial charge on any atom is -0.444 e. The zero-order valence-electron chi connectivity index (χ0n) is 21.5. The summed E-state index contributed by atoms with van der Waals surface area (Å²) >= 11 is 19.0. The van der Waals surface area contributed by atoms with E-state index >= 15 is 0 Å². The number of likely N-dealkylation sites (tertiary alicyclic amines) is 1. The predicted molar refractivity (Wildman–Crippen MR) is 150 cm³/mol. The third-order valence-electron chi connectivity index (χ3n) is 7.43. The van der Waals surface area contributed by atoms with Gasteiger partial charge in [-0.3, -0.25) is 0 Å². The molecule has 0 radical (unpaired) electrons. The number of piperidine rings is 2. The fourth-order valence-electron chi connectivity index (χ4n) is 5.51. The Bertz CT molecular complexity index is 1030. The lowest BCUT2D eigenvalue weighted by atomic mass is 9.81. The lowest BCUT2D eigenvalue weighted by Gasteiger charge is -2.42. The highest BCUT2D eigenvalue weighted by Gasteiger charge is 2.32. The van der Waals surface area contributed by atoms with Gasteiger partial charge in [-0.1, -0.05) is 59.8 Å². The van der Waals surface area contributed by atoms with E-state index < -0.39 is 5.60 Å². The first-order chi connectivity index (χ1) is 17.1. The minimum atomic E-state index is -0.445. The third kappa shape index (κ3) is 7.24. The van der Waals surface area contributed by atoms with E-state index in [0.717, 1.165) is 56.0 Å². The summed E-state index contributed by atoms with van der Waals surface area (Å²) in [6.07, 6.45) is 6.57. The highest BCUT2D eigenvalue weighted by atomic mass is 35.5. The average molecular weight is 552 g/mol. The maximum atomic E-state index is 12.4. The molecule has 2 aliphatic heterocycles. The molecule has 36 heavy (non-hydrogen) atoms. The maximum Gasteiger partial charge on any atom is 0.410 e. The van der Waals surface area contributed by atoms with Crippen molar-refractivity contribution in [2.45, 2.75) is 70.9 Å². The number of halogens is 3. The summed E-state index contributed by atoms with van der Waals surface area (Å²) in [6.45, 7) is 8.29. The summed E-state index contributed by atoms with van der Waals surface area (Å²) in [6, 6.07) is 14.2. The molecule has 2 fully saturated rings. The Labute approximate surface area is 230 Å². The number of hydrogen-bond donors (Lipinski definition) is 0. The lowest BCUT2D eigenvalue weighted by Crippen LogP contribution is -2.42. The fourth-order valence-corrected chi connectivity index (χ4v) is 6.15. The van der Waals surface area contributed by atoms with Crippen LogP contribution in [0.3, 0.4) is 0 Å². The van der Waals surface area contributed by atoms with E-state index in [1.54, 1.807) is 0 Å². The molecule has 2 heterocycles. The summed E-state index contributed by atoms with van der Waals surface area (Å²) in [5, 5.41) is 2.09. The van der Waals surface area contributed by atoms with Crippen molar-refractivity contribution in [1.29, 1.82) is 0 Å². The standard InChI is InChI=1S/C29H37Cl3N2O2/c1-29(2,3)36-28(35)33-15-12-20(13-16-33)4-5-21-14-17-34(26-11-10-24(31)19-25(26)32)27(18-21)22-6-8-23(30)9-7-22/h6-11,19-21,27H,4-5,12-18H2,1-3H3/t21?,27-/m0/s1. The normalized spacial score (nSPS) is 21.5. The van der Waals surface area contributed by atoms with Crippen LogP contribution in [0.4, 0.5) is 10.5 Å². The van der Waals surface area contributed by atoms with Gasteiger partial charge in [0.25, 0.3) is 0 Å². The van der Waals surface area contributed by atoms with E-state index in [1.165, 1.54) is 18.4 Å². The fraction of sp³-hybridized carbons (Fsp3) is 0.552. The van der Waals surface area contributed by atoms with Gasteiger partial charge in [0.2, 0.25) is 0 Å². The van der Waals surface area contributed by atoms with Crippen molar-refractivity contribution in [3.8, 4) is 0 Å². The van der Waals surface area contributed by atoms with Crippen molar-refractivity contribution >= 4 is 46.6 Å². The van der Waals surface area contributed by atoms with Gasteiger partial charge in [0.1, 0.15) is 5.60 Å². The van der Waals surface area contributed by atoms with Crippen molar-refractivity contribution < 1.29 is 9.53 Å². The monoisotopic (exact) mass is 550 g/mol. The van der Waals surface area contributed by atoms with Crippen molar-refractivity contribution in [3.63, 3.8) is 0 Å². The van der Waals surface area contributed by atoms with Crippen LogP contribution in [0.25, 0.3) is 0 Å². The molecule has 0 saturated carbocycles. The highest BCUT2D eigenvalue weighted by molar-refractivity contribution is 6.36. The van der Waals surface area contributed by atoms with Gasteiger partial charge in [-0.25, -0.2) is 4.79 Å². The van der Waals surface area contributed by atoms with Crippen LogP contribution in [0.5, 0.6) is 0 Å². The molecular weight excluding hydrogens is 515 g/mol. The summed E-state index contributed by atoms with van der Waals surface area (Å²) in [5.74, 6) is 1.32. The molecule has 2 aromatic carbocycles. The summed E-state index contributed by atoms with van der Waals surface area (Å²) < 4.78 is 5.55. The van der Waals surface area contributed by atoms with Crippen LogP contribution in [0, 0.1) is 11.8 Å². The van der Waals surface area contributed by atoms with Crippen molar-refractivity contribution in [2.24, 2.45) is 11.8 Å². The first-order valence-corrected chi connectivity index (χ1v) is 14.2. The molecule has 0 spiro atoms. The van der Waals surface area contributed by atoms with Gasteiger partial charge in [-0.05, 0) is 94.2 Å². The maximum absolute atomic E-state index is 12.4. The number of carbonyl (C=O) groups excluding carboxylic acids is 1. The van der Waals surface area contributed by atoms with Crippen LogP contribution in [-0.4, -0.2) is 36.2 Å². The van der Waals surface area contributed by atoms with E-state index in [1.807, 2.05) is 56.0 Å². The zero-order valence-corrected chi connectivity index (χ0v) is 23.8. The lowest BCUT2D eigenvalue weighted by molar-refractivity contribution is 0.0178. The van der Waals surface area contributed by atoms with E-state index in [2.05, 4.69) is 17.0 Å². The number of anilines is 1. The first kappa shape index (κ1) is 27.4. The van der Waals surface area contributed by atoms with Crippen LogP contribution in [-0.2, 0) is 4.74 Å². The van der Waals surface area contributed by atoms with Gasteiger partial charge in [-0.2, -0.15) is 0 Å². The molecule has 0 N–H and O–H groups in total. The number of amides is 1. The largest absolute Gasteiger partial charge is 0.444 e. The number of rotatable bonds is 5. The van der Waals surface area contributed by atoms with E-state index in [4.69, 9.17) is 39.5 Å². The van der Waals surface area contributed by atoms with Gasteiger partial charge in [0.05, 0.1) is 16.8 Å². The average Bonchev–Trinajstić information content (AvgIpc) is 2.83. The van der Waals surface area contributed by atoms with Crippen molar-refractivity contribution in [1.82, 2.24) is 4.90 Å². The van der Waals surface area contributed by atoms with Gasteiger partial charge < -0.3 is 14.5 Å². The second-order valence-electron chi connectivity index (χ2n) is 11.2. The minimum absolute atomic E-state index is 0.181. The Kier molecular flexibility index (Phi) is 9.01. The Hall–Kier alpha value is -1.62. The molecular formula is C29H37Cl3N2O2. The van der Waals surface area contributed by atoms with Gasteiger partial charge >= 0.3 is 6.09 Å². The van der Waals surface area contributed by atoms with Crippen LogP contribution < -0.4 is 4.90 Å². The third-order valence-corrected chi connectivity index (χ3v) is 8.22. The molecule has 0 bridgehead atoms. The topological polar surface area (TPSA) is 32.8 Å². The van der Waals surface area contributed by atoms with E-state index in [-0.39, 0.29) is 12.1 Å². The molecule has 0 aliphatic carbocycles. The molecule has 1 amide bonds. The Morgan fingerprint density at radius 1 is 0.889 bits per heavy atom. The second kappa shape index (κ2) is 11.8. The molecule has 2 aromatic rings. The molecule has 4 rings (SSSR count). The van der Waals surface area contributed by atoms with E-state index in [9.17, 15) is 4.79 Å². The van der Waals surface area contributed by atoms with Crippen molar-refractivity contribution in [3.05, 3.63) is 63.1 Å². The summed E-state index contributed by atoms with van der Waals surface area (Å²) in [5.41, 5.74) is 1.86. The molecule has 7 heteroatoms. The molecule has 196 valence electrons. The number of carbonyl (C=O) groups is 1. The van der Waals surface area contributed by atoms with Gasteiger partial charge in [0.15, 0.2) is 0 Å². The molecule has 4 nitrogen and oxygen atoms in total. The number of nitrogens with zero attached hydrogens (tertiary/aromatic N) is 2. The van der Waals surface area contributed by atoms with Crippen LogP contribution in [0.2, 0.25) is 15.1 Å². The first-order valence-electron chi connectivity index (χ1n) is 13.0. The number of hydrogen-bond acceptors (Lipinski definition) is 3.